The van der Waals surface area contributed by atoms with Gasteiger partial charge in [-0.1, -0.05) is 17.7 Å². The van der Waals surface area contributed by atoms with Crippen molar-refractivity contribution in [3.63, 3.8) is 0 Å². The van der Waals surface area contributed by atoms with Gasteiger partial charge in [-0.05, 0) is 63.7 Å². The van der Waals surface area contributed by atoms with Crippen LogP contribution in [-0.4, -0.2) is 13.1 Å². The summed E-state index contributed by atoms with van der Waals surface area (Å²) in [6, 6.07) is 3.89. The molecule has 2 unspecified atom stereocenters. The van der Waals surface area contributed by atoms with E-state index >= 15 is 0 Å². The van der Waals surface area contributed by atoms with Crippen molar-refractivity contribution in [3.05, 3.63) is 41.2 Å². The molecule has 1 nitrogen and oxygen atoms in total. The summed E-state index contributed by atoms with van der Waals surface area (Å²) in [7, 11) is 2.52. The molecule has 2 atom stereocenters. The van der Waals surface area contributed by atoms with Crippen LogP contribution in [0.25, 0.3) is 0 Å². The summed E-state index contributed by atoms with van der Waals surface area (Å²) in [4.78, 5) is 0. The second kappa shape index (κ2) is 6.37. The first-order valence-electron chi connectivity index (χ1n) is 7.36. The Labute approximate surface area is 124 Å². The fourth-order valence-electron chi connectivity index (χ4n) is 3.56. The first-order valence-corrected chi connectivity index (χ1v) is 7.94. The lowest BCUT2D eigenvalue weighted by Gasteiger charge is -2.35. The maximum absolute atomic E-state index is 14.8. The maximum Gasteiger partial charge on any atom is 0.134 e. The van der Waals surface area contributed by atoms with Crippen molar-refractivity contribution in [2.24, 2.45) is 0 Å². The van der Waals surface area contributed by atoms with Gasteiger partial charge in [0.25, 0.3) is 0 Å². The highest BCUT2D eigenvalue weighted by atomic mass is 31.0. The minimum atomic E-state index is -0.101. The Kier molecular flexibility index (Phi) is 4.99. The molecule has 0 spiro atoms. The molecule has 0 radical (unpaired) electrons. The molecule has 1 saturated heterocycles. The smallest absolute Gasteiger partial charge is 0.134 e. The highest BCUT2D eigenvalue weighted by molar-refractivity contribution is 7.27. The fraction of sp³-hybridized carbons (Fsp3) is 0.529. The number of halogens is 1. The van der Waals surface area contributed by atoms with Crippen LogP contribution in [0.5, 0.6) is 0 Å². The number of aryl methyl sites for hydroxylation is 1. The summed E-state index contributed by atoms with van der Waals surface area (Å²) in [5.41, 5.74) is 3.02. The number of allylic oxidation sites excluding steroid dienone is 1. The van der Waals surface area contributed by atoms with E-state index in [4.69, 9.17) is 0 Å². The average molecular weight is 293 g/mol. The Morgan fingerprint density at radius 3 is 2.85 bits per heavy atom. The molecule has 3 heteroatoms. The van der Waals surface area contributed by atoms with Gasteiger partial charge < -0.3 is 5.32 Å². The lowest BCUT2D eigenvalue weighted by Crippen LogP contribution is -2.31. The van der Waals surface area contributed by atoms with Crippen LogP contribution in [0, 0.1) is 12.7 Å². The minimum absolute atomic E-state index is 0.0434. The molecular weight excluding hydrogens is 268 g/mol. The van der Waals surface area contributed by atoms with Gasteiger partial charge in [0.2, 0.25) is 0 Å². The van der Waals surface area contributed by atoms with Crippen LogP contribution in [0.1, 0.15) is 43.7 Å². The lowest BCUT2D eigenvalue weighted by atomic mass is 9.69. The van der Waals surface area contributed by atoms with Crippen LogP contribution in [-0.2, 0) is 5.41 Å². The Hall–Kier alpha value is -0.720. The van der Waals surface area contributed by atoms with Gasteiger partial charge >= 0.3 is 0 Å². The van der Waals surface area contributed by atoms with E-state index in [-0.39, 0.29) is 11.2 Å². The number of nitrogens with one attached hydrogen (secondary N) is 1. The standard InChI is InChI=1S/C17H25FNP/c1-12(2)11-17(7-4-9-19-10-8-17)15-13(3)5-6-14(20)16(15)18/h5-6,19H,1,4,7-11,20H2,2-3H3. The van der Waals surface area contributed by atoms with E-state index in [1.807, 2.05) is 19.1 Å². The number of hydrogen-bond acceptors (Lipinski definition) is 1. The summed E-state index contributed by atoms with van der Waals surface area (Å²) in [5.74, 6) is -0.0434. The monoisotopic (exact) mass is 293 g/mol. The Morgan fingerprint density at radius 2 is 2.15 bits per heavy atom. The average Bonchev–Trinajstić information content (AvgIpc) is 2.60. The second-order valence-corrected chi connectivity index (χ2v) is 6.80. The summed E-state index contributed by atoms with van der Waals surface area (Å²) in [6.07, 6.45) is 3.97. The highest BCUT2D eigenvalue weighted by Gasteiger charge is 2.36. The zero-order chi connectivity index (χ0) is 14.8. The summed E-state index contributed by atoms with van der Waals surface area (Å²) in [6.45, 7) is 10.1. The normalized spacial score (nSPS) is 23.4. The molecule has 0 aromatic heterocycles. The molecule has 1 aromatic rings. The quantitative estimate of drug-likeness (QED) is 0.663. The van der Waals surface area contributed by atoms with Crippen molar-refractivity contribution in [3.8, 4) is 0 Å². The minimum Gasteiger partial charge on any atom is -0.317 e. The van der Waals surface area contributed by atoms with Crippen LogP contribution in [0.15, 0.2) is 24.3 Å². The van der Waals surface area contributed by atoms with E-state index < -0.39 is 0 Å². The molecule has 0 bridgehead atoms. The molecule has 2 rings (SSSR count). The van der Waals surface area contributed by atoms with Crippen molar-refractivity contribution in [1.82, 2.24) is 5.32 Å². The van der Waals surface area contributed by atoms with Crippen LogP contribution in [0.3, 0.4) is 0 Å². The van der Waals surface area contributed by atoms with Gasteiger partial charge in [-0.3, -0.25) is 0 Å². The van der Waals surface area contributed by atoms with Gasteiger partial charge in [0.1, 0.15) is 5.82 Å². The third kappa shape index (κ3) is 3.13. The van der Waals surface area contributed by atoms with Gasteiger partial charge in [0.15, 0.2) is 0 Å². The molecule has 1 aliphatic rings. The molecular formula is C17H25FNP. The molecule has 0 aliphatic carbocycles. The molecule has 110 valence electrons. The predicted octanol–water partition coefficient (Wildman–Crippen LogP) is 3.61. The third-order valence-electron chi connectivity index (χ3n) is 4.34. The van der Waals surface area contributed by atoms with Crippen molar-refractivity contribution in [2.75, 3.05) is 13.1 Å². The number of rotatable bonds is 3. The van der Waals surface area contributed by atoms with E-state index in [1.54, 1.807) is 0 Å². The van der Waals surface area contributed by atoms with Crippen LogP contribution < -0.4 is 10.6 Å². The molecule has 1 heterocycles. The van der Waals surface area contributed by atoms with Crippen molar-refractivity contribution in [2.45, 2.75) is 44.9 Å². The molecule has 1 fully saturated rings. The van der Waals surface area contributed by atoms with E-state index in [0.29, 0.717) is 5.30 Å². The molecule has 1 aromatic carbocycles. The molecule has 0 saturated carbocycles. The molecule has 1 N–H and O–H groups in total. The Balaban J connectivity index is 2.56. The van der Waals surface area contributed by atoms with Gasteiger partial charge in [0, 0.05) is 10.7 Å². The fourth-order valence-corrected chi connectivity index (χ4v) is 3.80. The van der Waals surface area contributed by atoms with Crippen molar-refractivity contribution in [1.29, 1.82) is 0 Å². The highest BCUT2D eigenvalue weighted by Crippen LogP contribution is 2.42. The molecule has 20 heavy (non-hydrogen) atoms. The SMILES string of the molecule is C=C(C)CC1(c2c(C)ccc(P)c2F)CCCNCC1. The number of benzene rings is 1. The zero-order valence-corrected chi connectivity index (χ0v) is 13.7. The summed E-state index contributed by atoms with van der Waals surface area (Å²) in [5, 5.41) is 4.11. The van der Waals surface area contributed by atoms with Gasteiger partial charge in [-0.2, -0.15) is 0 Å². The second-order valence-electron chi connectivity index (χ2n) is 6.18. The lowest BCUT2D eigenvalue weighted by molar-refractivity contribution is 0.359. The van der Waals surface area contributed by atoms with E-state index in [2.05, 4.69) is 28.1 Å². The van der Waals surface area contributed by atoms with E-state index in [0.717, 1.165) is 55.5 Å². The van der Waals surface area contributed by atoms with Gasteiger partial charge in [-0.25, -0.2) is 4.39 Å². The zero-order valence-electron chi connectivity index (χ0n) is 12.6. The van der Waals surface area contributed by atoms with Gasteiger partial charge in [-0.15, -0.1) is 15.8 Å². The van der Waals surface area contributed by atoms with Crippen LogP contribution in [0.2, 0.25) is 0 Å². The Morgan fingerprint density at radius 1 is 1.40 bits per heavy atom. The molecule has 0 amide bonds. The largest absolute Gasteiger partial charge is 0.317 e. The van der Waals surface area contributed by atoms with E-state index in [1.165, 1.54) is 0 Å². The maximum atomic E-state index is 14.8. The topological polar surface area (TPSA) is 12.0 Å². The summed E-state index contributed by atoms with van der Waals surface area (Å²) >= 11 is 0. The first-order chi connectivity index (χ1) is 9.46. The predicted molar refractivity (Wildman–Crippen MR) is 88.3 cm³/mol. The van der Waals surface area contributed by atoms with E-state index in [9.17, 15) is 4.39 Å². The summed E-state index contributed by atoms with van der Waals surface area (Å²) < 4.78 is 14.8. The third-order valence-corrected chi connectivity index (χ3v) is 4.79. The van der Waals surface area contributed by atoms with Crippen molar-refractivity contribution < 1.29 is 4.39 Å². The molecule has 1 aliphatic heterocycles. The van der Waals surface area contributed by atoms with Crippen molar-refractivity contribution >= 4 is 14.5 Å². The van der Waals surface area contributed by atoms with Crippen LogP contribution in [0.4, 0.5) is 4.39 Å². The first kappa shape index (κ1) is 15.7. The number of hydrogen-bond donors (Lipinski definition) is 1. The Bertz CT molecular complexity index is 502. The van der Waals surface area contributed by atoms with Crippen LogP contribution >= 0.6 is 9.24 Å². The van der Waals surface area contributed by atoms with Gasteiger partial charge in [0.05, 0.1) is 0 Å².